The lowest BCUT2D eigenvalue weighted by Crippen LogP contribution is -1.99. The topological polar surface area (TPSA) is 48.1 Å². The molecular formula is C12H10ClFN2O. The summed E-state index contributed by atoms with van der Waals surface area (Å²) >= 11 is 5.87. The van der Waals surface area contributed by atoms with Crippen LogP contribution in [0.15, 0.2) is 36.7 Å². The highest BCUT2D eigenvalue weighted by molar-refractivity contribution is 6.31. The van der Waals surface area contributed by atoms with Gasteiger partial charge in [0.1, 0.15) is 22.3 Å². The van der Waals surface area contributed by atoms with Gasteiger partial charge in [-0.15, -0.1) is 0 Å². The Hall–Kier alpha value is -1.65. The van der Waals surface area contributed by atoms with Crippen LogP contribution >= 0.6 is 11.6 Å². The lowest BCUT2D eigenvalue weighted by molar-refractivity contribution is 0.475. The number of hydrogen-bond donors (Lipinski definition) is 1. The van der Waals surface area contributed by atoms with Gasteiger partial charge in [-0.1, -0.05) is 17.7 Å². The molecule has 2 aromatic rings. The van der Waals surface area contributed by atoms with E-state index in [1.54, 1.807) is 24.4 Å². The predicted octanol–water partition coefficient (Wildman–Crippen LogP) is 3.13. The summed E-state index contributed by atoms with van der Waals surface area (Å²) in [5, 5.41) is 0.371. The number of ether oxygens (including phenoxy) is 1. The monoisotopic (exact) mass is 252 g/mol. The number of nitrogens with zero attached hydrogens (tertiary/aromatic N) is 1. The van der Waals surface area contributed by atoms with E-state index in [2.05, 4.69) is 4.98 Å². The normalized spacial score (nSPS) is 10.3. The fraction of sp³-hybridized carbons (Fsp3) is 0.0833. The van der Waals surface area contributed by atoms with Gasteiger partial charge in [0.2, 0.25) is 0 Å². The summed E-state index contributed by atoms with van der Waals surface area (Å²) in [6.07, 6.45) is 3.01. The molecule has 0 fully saturated rings. The Labute approximate surface area is 103 Å². The van der Waals surface area contributed by atoms with Gasteiger partial charge in [0.25, 0.3) is 0 Å². The molecular weight excluding hydrogens is 243 g/mol. The number of halogens is 2. The molecule has 0 unspecified atom stereocenters. The third-order valence-corrected chi connectivity index (χ3v) is 2.49. The highest BCUT2D eigenvalue weighted by Crippen LogP contribution is 2.28. The van der Waals surface area contributed by atoms with Crippen molar-refractivity contribution in [2.24, 2.45) is 5.73 Å². The first-order chi connectivity index (χ1) is 8.20. The second-order valence-electron chi connectivity index (χ2n) is 3.37. The lowest BCUT2D eigenvalue weighted by atomic mass is 10.2. The minimum atomic E-state index is -0.393. The van der Waals surface area contributed by atoms with Crippen LogP contribution < -0.4 is 10.5 Å². The van der Waals surface area contributed by atoms with Gasteiger partial charge in [-0.3, -0.25) is 4.98 Å². The van der Waals surface area contributed by atoms with Crippen molar-refractivity contribution >= 4 is 11.6 Å². The van der Waals surface area contributed by atoms with E-state index >= 15 is 0 Å². The van der Waals surface area contributed by atoms with Gasteiger partial charge < -0.3 is 10.5 Å². The van der Waals surface area contributed by atoms with E-state index < -0.39 is 5.82 Å². The van der Waals surface area contributed by atoms with Crippen LogP contribution in [0, 0.1) is 5.82 Å². The molecule has 0 aliphatic carbocycles. The van der Waals surface area contributed by atoms with Crippen molar-refractivity contribution in [2.75, 3.05) is 0 Å². The zero-order valence-electron chi connectivity index (χ0n) is 8.86. The van der Waals surface area contributed by atoms with Crippen molar-refractivity contribution in [3.05, 3.63) is 53.1 Å². The molecule has 17 heavy (non-hydrogen) atoms. The van der Waals surface area contributed by atoms with Crippen molar-refractivity contribution < 1.29 is 9.13 Å². The largest absolute Gasteiger partial charge is 0.456 e. The average molecular weight is 253 g/mol. The van der Waals surface area contributed by atoms with E-state index in [9.17, 15) is 4.39 Å². The summed E-state index contributed by atoms with van der Waals surface area (Å²) < 4.78 is 18.9. The van der Waals surface area contributed by atoms with Crippen molar-refractivity contribution in [1.29, 1.82) is 0 Å². The third kappa shape index (κ3) is 2.72. The molecule has 1 aromatic heterocycles. The van der Waals surface area contributed by atoms with Crippen LogP contribution in [0.4, 0.5) is 4.39 Å². The van der Waals surface area contributed by atoms with Crippen LogP contribution in [0.3, 0.4) is 0 Å². The molecule has 0 atom stereocenters. The second-order valence-corrected chi connectivity index (χ2v) is 3.77. The molecule has 0 spiro atoms. The first-order valence-electron chi connectivity index (χ1n) is 4.96. The number of benzene rings is 1. The molecule has 0 aliphatic heterocycles. The zero-order valence-corrected chi connectivity index (χ0v) is 9.62. The van der Waals surface area contributed by atoms with Crippen molar-refractivity contribution in [3.63, 3.8) is 0 Å². The summed E-state index contributed by atoms with van der Waals surface area (Å²) in [5.74, 6) is 0.407. The molecule has 0 saturated heterocycles. The maximum absolute atomic E-state index is 13.4. The molecule has 1 heterocycles. The third-order valence-electron chi connectivity index (χ3n) is 2.21. The van der Waals surface area contributed by atoms with E-state index in [0.29, 0.717) is 22.1 Å². The van der Waals surface area contributed by atoms with Gasteiger partial charge in [0.15, 0.2) is 0 Å². The molecule has 5 heteroatoms. The molecule has 0 amide bonds. The average Bonchev–Trinajstić information content (AvgIpc) is 2.32. The number of hydrogen-bond acceptors (Lipinski definition) is 3. The molecule has 0 bridgehead atoms. The lowest BCUT2D eigenvalue weighted by Gasteiger charge is -2.08. The molecule has 0 aliphatic rings. The quantitative estimate of drug-likeness (QED) is 0.913. The van der Waals surface area contributed by atoms with E-state index in [1.807, 2.05) is 0 Å². The SMILES string of the molecule is NCc1ccc(Oc2ccncc2Cl)cc1F. The van der Waals surface area contributed by atoms with Gasteiger partial charge in [-0.25, -0.2) is 4.39 Å². The van der Waals surface area contributed by atoms with Crippen LogP contribution in [0.25, 0.3) is 0 Å². The van der Waals surface area contributed by atoms with Gasteiger partial charge in [-0.2, -0.15) is 0 Å². The Bertz CT molecular complexity index is 534. The fourth-order valence-electron chi connectivity index (χ4n) is 1.33. The van der Waals surface area contributed by atoms with E-state index in [1.165, 1.54) is 12.3 Å². The van der Waals surface area contributed by atoms with E-state index in [-0.39, 0.29) is 6.54 Å². The number of aromatic nitrogens is 1. The molecule has 0 saturated carbocycles. The van der Waals surface area contributed by atoms with Crippen LogP contribution in [0.5, 0.6) is 11.5 Å². The van der Waals surface area contributed by atoms with Crippen molar-refractivity contribution in [1.82, 2.24) is 4.98 Å². The van der Waals surface area contributed by atoms with E-state index in [4.69, 9.17) is 22.1 Å². The Morgan fingerprint density at radius 1 is 1.35 bits per heavy atom. The fourth-order valence-corrected chi connectivity index (χ4v) is 1.49. The maximum atomic E-state index is 13.4. The first-order valence-corrected chi connectivity index (χ1v) is 5.34. The molecule has 88 valence electrons. The van der Waals surface area contributed by atoms with Gasteiger partial charge >= 0.3 is 0 Å². The first kappa shape index (κ1) is 11.8. The smallest absolute Gasteiger partial charge is 0.149 e. The summed E-state index contributed by atoms with van der Waals surface area (Å²) in [7, 11) is 0. The highest BCUT2D eigenvalue weighted by atomic mass is 35.5. The summed E-state index contributed by atoms with van der Waals surface area (Å²) in [4.78, 5) is 3.83. The number of rotatable bonds is 3. The second kappa shape index (κ2) is 5.12. The predicted molar refractivity (Wildman–Crippen MR) is 63.6 cm³/mol. The van der Waals surface area contributed by atoms with Crippen molar-refractivity contribution in [3.8, 4) is 11.5 Å². The van der Waals surface area contributed by atoms with Crippen LogP contribution in [0.2, 0.25) is 5.02 Å². The van der Waals surface area contributed by atoms with Gasteiger partial charge in [0, 0.05) is 36.6 Å². The molecule has 3 nitrogen and oxygen atoms in total. The summed E-state index contributed by atoms with van der Waals surface area (Å²) in [5.41, 5.74) is 5.81. The van der Waals surface area contributed by atoms with Crippen molar-refractivity contribution in [2.45, 2.75) is 6.54 Å². The summed E-state index contributed by atoms with van der Waals surface area (Å²) in [6.45, 7) is 0.155. The van der Waals surface area contributed by atoms with E-state index in [0.717, 1.165) is 0 Å². The van der Waals surface area contributed by atoms with Gasteiger partial charge in [-0.05, 0) is 6.07 Å². The summed E-state index contributed by atoms with van der Waals surface area (Å²) in [6, 6.07) is 6.11. The Morgan fingerprint density at radius 2 is 2.18 bits per heavy atom. The van der Waals surface area contributed by atoms with Crippen LogP contribution in [-0.2, 0) is 6.54 Å². The molecule has 0 radical (unpaired) electrons. The Balaban J connectivity index is 2.25. The molecule has 2 rings (SSSR count). The minimum absolute atomic E-state index is 0.155. The minimum Gasteiger partial charge on any atom is -0.456 e. The van der Waals surface area contributed by atoms with Crippen LogP contribution in [-0.4, -0.2) is 4.98 Å². The zero-order chi connectivity index (χ0) is 12.3. The maximum Gasteiger partial charge on any atom is 0.149 e. The molecule has 1 aromatic carbocycles. The molecule has 2 N–H and O–H groups in total. The standard InChI is InChI=1S/C12H10ClFN2O/c13-10-7-16-4-3-12(10)17-9-2-1-8(6-15)11(14)5-9/h1-5,7H,6,15H2. The Kier molecular flexibility index (Phi) is 3.56. The number of nitrogens with two attached hydrogens (primary N) is 1. The number of pyridine rings is 1. The van der Waals surface area contributed by atoms with Crippen LogP contribution in [0.1, 0.15) is 5.56 Å². The highest BCUT2D eigenvalue weighted by Gasteiger charge is 2.06. The Morgan fingerprint density at radius 3 is 2.82 bits per heavy atom. The van der Waals surface area contributed by atoms with Gasteiger partial charge in [0.05, 0.1) is 0 Å².